The van der Waals surface area contributed by atoms with Crippen molar-refractivity contribution in [2.45, 2.75) is 0 Å². The molecule has 0 saturated carbocycles. The highest BCUT2D eigenvalue weighted by Crippen LogP contribution is 2.31. The van der Waals surface area contributed by atoms with Gasteiger partial charge in [0, 0.05) is 23.2 Å². The highest BCUT2D eigenvalue weighted by molar-refractivity contribution is 7.25. The maximum absolute atomic E-state index is 4.08. The maximum Gasteiger partial charge on any atom is 0.0675 e. The Morgan fingerprint density at radius 2 is 1.77 bits per heavy atom. The van der Waals surface area contributed by atoms with Crippen LogP contribution in [0.1, 0.15) is 0 Å². The number of hydrogen-bond donors (Lipinski definition) is 0. The molecule has 0 aliphatic rings. The first-order valence-electron chi connectivity index (χ1n) is 3.88. The lowest BCUT2D eigenvalue weighted by Crippen LogP contribution is -1.75. The van der Waals surface area contributed by atoms with Crippen molar-refractivity contribution in [2.24, 2.45) is 0 Å². The van der Waals surface area contributed by atoms with Crippen LogP contribution in [0.5, 0.6) is 0 Å². The van der Waals surface area contributed by atoms with Gasteiger partial charge in [0.15, 0.2) is 0 Å². The first kappa shape index (κ1) is 6.91. The molecule has 0 atom stereocenters. The van der Waals surface area contributed by atoms with E-state index in [0.717, 1.165) is 10.1 Å². The van der Waals surface area contributed by atoms with Gasteiger partial charge in [-0.2, -0.15) is 10.2 Å². The van der Waals surface area contributed by atoms with Crippen molar-refractivity contribution in [1.82, 2.24) is 15.2 Å². The van der Waals surface area contributed by atoms with E-state index in [-0.39, 0.29) is 0 Å². The fourth-order valence-corrected chi connectivity index (χ4v) is 2.41. The van der Waals surface area contributed by atoms with Gasteiger partial charge in [0.05, 0.1) is 21.8 Å². The van der Waals surface area contributed by atoms with Crippen molar-refractivity contribution in [2.75, 3.05) is 0 Å². The summed E-state index contributed by atoms with van der Waals surface area (Å²) in [7, 11) is 0. The van der Waals surface area contributed by atoms with E-state index in [0.29, 0.717) is 0 Å². The maximum atomic E-state index is 4.08. The summed E-state index contributed by atoms with van der Waals surface area (Å²) in [6, 6.07) is 2.01. The Morgan fingerprint density at radius 3 is 2.77 bits per heavy atom. The van der Waals surface area contributed by atoms with E-state index >= 15 is 0 Å². The van der Waals surface area contributed by atoms with Gasteiger partial charge < -0.3 is 0 Å². The van der Waals surface area contributed by atoms with Crippen LogP contribution in [-0.4, -0.2) is 15.2 Å². The summed E-state index contributed by atoms with van der Waals surface area (Å²) in [4.78, 5) is 4.08. The molecule has 0 amide bonds. The average molecular weight is 187 g/mol. The van der Waals surface area contributed by atoms with Gasteiger partial charge in [-0.05, 0) is 6.07 Å². The molecule has 13 heavy (non-hydrogen) atoms. The second-order valence-electron chi connectivity index (χ2n) is 2.74. The van der Waals surface area contributed by atoms with Gasteiger partial charge in [0.25, 0.3) is 0 Å². The molecule has 0 bridgehead atoms. The zero-order valence-electron chi connectivity index (χ0n) is 6.64. The SMILES string of the molecule is c1cc2c(cn1)sc1cnncc12. The van der Waals surface area contributed by atoms with E-state index < -0.39 is 0 Å². The molecule has 0 radical (unpaired) electrons. The molecular formula is C9H5N3S. The average Bonchev–Trinajstić information content (AvgIpc) is 2.56. The second-order valence-corrected chi connectivity index (χ2v) is 3.82. The predicted octanol–water partition coefficient (Wildman–Crippen LogP) is 2.24. The smallest absolute Gasteiger partial charge is 0.0675 e. The Hall–Kier alpha value is -1.55. The van der Waals surface area contributed by atoms with Crippen LogP contribution in [0, 0.1) is 0 Å². The number of thiophene rings is 1. The van der Waals surface area contributed by atoms with E-state index in [4.69, 9.17) is 0 Å². The molecule has 3 aromatic rings. The molecule has 0 aliphatic heterocycles. The molecule has 0 aromatic carbocycles. The molecule has 4 heteroatoms. The fourth-order valence-electron chi connectivity index (χ4n) is 1.40. The van der Waals surface area contributed by atoms with Gasteiger partial charge >= 0.3 is 0 Å². The highest BCUT2D eigenvalue weighted by atomic mass is 32.1. The topological polar surface area (TPSA) is 38.7 Å². The molecule has 0 N–H and O–H groups in total. The molecule has 3 heterocycles. The summed E-state index contributed by atoms with van der Waals surface area (Å²) in [5.74, 6) is 0. The molecule has 3 nitrogen and oxygen atoms in total. The summed E-state index contributed by atoms with van der Waals surface area (Å²) >= 11 is 1.70. The van der Waals surface area contributed by atoms with Crippen molar-refractivity contribution in [3.8, 4) is 0 Å². The van der Waals surface area contributed by atoms with Crippen molar-refractivity contribution in [1.29, 1.82) is 0 Å². The summed E-state index contributed by atoms with van der Waals surface area (Å²) in [5, 5.41) is 10.1. The van der Waals surface area contributed by atoms with Crippen molar-refractivity contribution in [3.05, 3.63) is 30.9 Å². The molecule has 0 aliphatic carbocycles. The van der Waals surface area contributed by atoms with E-state index in [2.05, 4.69) is 15.2 Å². The third kappa shape index (κ3) is 0.922. The molecule has 3 rings (SSSR count). The molecular weight excluding hydrogens is 182 g/mol. The van der Waals surface area contributed by atoms with E-state index in [9.17, 15) is 0 Å². The third-order valence-electron chi connectivity index (χ3n) is 1.99. The minimum atomic E-state index is 1.16. The summed E-state index contributed by atoms with van der Waals surface area (Å²) in [6.07, 6.45) is 7.27. The Kier molecular flexibility index (Phi) is 1.31. The van der Waals surface area contributed by atoms with E-state index in [1.807, 2.05) is 12.3 Å². The lowest BCUT2D eigenvalue weighted by atomic mass is 10.2. The summed E-state index contributed by atoms with van der Waals surface area (Å²) in [6.45, 7) is 0. The van der Waals surface area contributed by atoms with E-state index in [1.54, 1.807) is 29.9 Å². The van der Waals surface area contributed by atoms with Gasteiger partial charge in [0.1, 0.15) is 0 Å². The number of fused-ring (bicyclic) bond motifs is 3. The second kappa shape index (κ2) is 2.47. The van der Waals surface area contributed by atoms with Crippen LogP contribution in [0.25, 0.3) is 20.2 Å². The van der Waals surface area contributed by atoms with Crippen LogP contribution < -0.4 is 0 Å². The summed E-state index contributed by atoms with van der Waals surface area (Å²) < 4.78 is 2.35. The van der Waals surface area contributed by atoms with Crippen LogP contribution in [-0.2, 0) is 0 Å². The minimum absolute atomic E-state index is 1.16. The van der Waals surface area contributed by atoms with E-state index in [1.165, 1.54) is 10.1 Å². The fraction of sp³-hybridized carbons (Fsp3) is 0. The predicted molar refractivity (Wildman–Crippen MR) is 52.7 cm³/mol. The largest absolute Gasteiger partial charge is 0.263 e. The van der Waals surface area contributed by atoms with Gasteiger partial charge in [-0.15, -0.1) is 11.3 Å². The van der Waals surface area contributed by atoms with Gasteiger partial charge in [0.2, 0.25) is 0 Å². The normalized spacial score (nSPS) is 11.1. The molecule has 62 valence electrons. The van der Waals surface area contributed by atoms with Crippen molar-refractivity contribution < 1.29 is 0 Å². The zero-order chi connectivity index (χ0) is 8.67. The standard InChI is InChI=1S/C9H5N3S/c1-2-10-4-8-6(1)7-3-11-12-5-9(7)13-8/h1-5H. The number of rotatable bonds is 0. The van der Waals surface area contributed by atoms with Gasteiger partial charge in [-0.3, -0.25) is 4.98 Å². The lowest BCUT2D eigenvalue weighted by molar-refractivity contribution is 1.05. The van der Waals surface area contributed by atoms with Crippen LogP contribution in [0.2, 0.25) is 0 Å². The quantitative estimate of drug-likeness (QED) is 0.541. The first-order valence-corrected chi connectivity index (χ1v) is 4.70. The number of nitrogens with zero attached hydrogens (tertiary/aromatic N) is 3. The Bertz CT molecular complexity index is 523. The first-order chi connectivity index (χ1) is 6.45. The molecule has 3 aromatic heterocycles. The van der Waals surface area contributed by atoms with Crippen molar-refractivity contribution >= 4 is 31.5 Å². The van der Waals surface area contributed by atoms with Crippen molar-refractivity contribution in [3.63, 3.8) is 0 Å². The number of aromatic nitrogens is 3. The summed E-state index contributed by atoms with van der Waals surface area (Å²) in [5.41, 5.74) is 0. The van der Waals surface area contributed by atoms with Crippen LogP contribution in [0.4, 0.5) is 0 Å². The Morgan fingerprint density at radius 1 is 0.923 bits per heavy atom. The van der Waals surface area contributed by atoms with Crippen LogP contribution >= 0.6 is 11.3 Å². The molecule has 0 fully saturated rings. The number of hydrogen-bond acceptors (Lipinski definition) is 4. The van der Waals surface area contributed by atoms with Gasteiger partial charge in [-0.25, -0.2) is 0 Å². The molecule has 0 unspecified atom stereocenters. The van der Waals surface area contributed by atoms with Crippen LogP contribution in [0.3, 0.4) is 0 Å². The van der Waals surface area contributed by atoms with Crippen LogP contribution in [0.15, 0.2) is 30.9 Å². The minimum Gasteiger partial charge on any atom is -0.263 e. The molecule has 0 saturated heterocycles. The monoisotopic (exact) mass is 187 g/mol. The lowest BCUT2D eigenvalue weighted by Gasteiger charge is -1.86. The Balaban J connectivity index is 2.64. The van der Waals surface area contributed by atoms with Gasteiger partial charge in [-0.1, -0.05) is 0 Å². The zero-order valence-corrected chi connectivity index (χ0v) is 7.45. The third-order valence-corrected chi connectivity index (χ3v) is 3.08. The molecule has 0 spiro atoms. The Labute approximate surface area is 78.1 Å². The highest BCUT2D eigenvalue weighted by Gasteiger charge is 2.03. The number of pyridine rings is 1.